The molecule has 2 aromatic rings. The fourth-order valence-electron chi connectivity index (χ4n) is 6.60. The Bertz CT molecular complexity index is 1180. The third kappa shape index (κ3) is 10.7. The number of hydrogen-bond donors (Lipinski definition) is 2. The van der Waals surface area contributed by atoms with Gasteiger partial charge in [0.05, 0.1) is 6.10 Å². The van der Waals surface area contributed by atoms with E-state index in [0.717, 1.165) is 31.2 Å². The summed E-state index contributed by atoms with van der Waals surface area (Å²) >= 11 is 4.62. The molecular formula is C37H47Co2O5-3. The predicted molar refractivity (Wildman–Crippen MR) is 167 cm³/mol. The Morgan fingerprint density at radius 3 is 2.11 bits per heavy atom. The van der Waals surface area contributed by atoms with Crippen LogP contribution in [0.4, 0.5) is 0 Å². The molecule has 2 N–H and O–H groups in total. The topological polar surface area (TPSA) is 83.8 Å². The van der Waals surface area contributed by atoms with Gasteiger partial charge in [-0.3, -0.25) is 6.08 Å². The van der Waals surface area contributed by atoms with Crippen LogP contribution in [0, 0.1) is 30.9 Å². The summed E-state index contributed by atoms with van der Waals surface area (Å²) in [6.07, 6.45) is 27.9. The Labute approximate surface area is 281 Å². The van der Waals surface area contributed by atoms with Crippen molar-refractivity contribution in [1.82, 2.24) is 0 Å². The van der Waals surface area contributed by atoms with Crippen LogP contribution in [0.2, 0.25) is 0 Å². The molecule has 5 rings (SSSR count). The summed E-state index contributed by atoms with van der Waals surface area (Å²) in [5.41, 5.74) is 4.11. The van der Waals surface area contributed by atoms with Gasteiger partial charge >= 0.3 is 39.1 Å². The summed E-state index contributed by atoms with van der Waals surface area (Å²) in [6, 6.07) is 18.3. The maximum atomic E-state index is 9.42. The molecule has 44 heavy (non-hydrogen) atoms. The first-order valence-electron chi connectivity index (χ1n) is 14.8. The third-order valence-corrected chi connectivity index (χ3v) is 9.00. The zero-order valence-corrected chi connectivity index (χ0v) is 28.2. The zero-order chi connectivity index (χ0) is 31.6. The van der Waals surface area contributed by atoms with Gasteiger partial charge in [0.2, 0.25) is 0 Å². The van der Waals surface area contributed by atoms with Gasteiger partial charge in [0.1, 0.15) is 5.75 Å². The number of phenolic OH excluding ortho intramolecular Hbond substituents is 1. The number of benzene rings is 2. The van der Waals surface area contributed by atoms with E-state index in [2.05, 4.69) is 99.0 Å². The molecule has 1 saturated carbocycles. The molecule has 0 bridgehead atoms. The Morgan fingerprint density at radius 1 is 0.955 bits per heavy atom. The summed E-state index contributed by atoms with van der Waals surface area (Å²) in [5, 5.41) is 18.5. The van der Waals surface area contributed by atoms with Crippen LogP contribution in [0.25, 0.3) is 0 Å². The first kappa shape index (κ1) is 39.8. The van der Waals surface area contributed by atoms with Crippen LogP contribution in [0.5, 0.6) is 5.75 Å². The van der Waals surface area contributed by atoms with Gasteiger partial charge in [0, 0.05) is 13.7 Å². The van der Waals surface area contributed by atoms with Gasteiger partial charge in [-0.1, -0.05) is 68.9 Å². The molecule has 0 aromatic heterocycles. The number of phenols is 1. The standard InChI is InChI=1S/C19H25O.C17H19O2.CH3.2Co.2O/c1-20-18-12-10-17(11-13-18)19(14-6-3-7-15-19)16-8-4-2-5-9-16;1-17(12-5-13-18,14-6-3-2-4-7-14)15-8-10-16(19)11-9-15;;;;;/h4-5,8,10-12,16,18H,3,6-7,9,13-15H2,1H3;3-4,6-11,18-19H,5,12-13H2,1H3;1H3;;;;/q3*-1;;;;. The van der Waals surface area contributed by atoms with E-state index in [9.17, 15) is 5.11 Å². The number of aliphatic hydroxyl groups excluding tert-OH is 1. The van der Waals surface area contributed by atoms with Gasteiger partial charge in [0.15, 0.2) is 0 Å². The molecule has 0 aliphatic heterocycles. The number of ether oxygens (including phenoxy) is 1. The zero-order valence-electron chi connectivity index (χ0n) is 26.1. The van der Waals surface area contributed by atoms with E-state index in [4.69, 9.17) is 17.6 Å². The molecule has 3 unspecified atom stereocenters. The van der Waals surface area contributed by atoms with E-state index in [1.54, 1.807) is 24.8 Å². The molecule has 1 fully saturated rings. The first-order chi connectivity index (χ1) is 21.0. The van der Waals surface area contributed by atoms with Crippen molar-refractivity contribution in [3.63, 3.8) is 0 Å². The van der Waals surface area contributed by atoms with E-state index < -0.39 is 0 Å². The number of aliphatic hydroxyl groups is 1. The average molecular weight is 690 g/mol. The van der Waals surface area contributed by atoms with Crippen molar-refractivity contribution in [1.29, 1.82) is 0 Å². The Balaban J connectivity index is 0.000000388. The summed E-state index contributed by atoms with van der Waals surface area (Å²) in [7, 11) is 1.80. The van der Waals surface area contributed by atoms with Crippen LogP contribution in [0.15, 0.2) is 90.6 Å². The van der Waals surface area contributed by atoms with Crippen LogP contribution < -0.4 is 0 Å². The second-order valence-electron chi connectivity index (χ2n) is 11.3. The Kier molecular flexibility index (Phi) is 19.4. The van der Waals surface area contributed by atoms with Gasteiger partial charge in [0.25, 0.3) is 0 Å². The second kappa shape index (κ2) is 21.5. The van der Waals surface area contributed by atoms with Gasteiger partial charge in [-0.25, -0.2) is 12.2 Å². The Hall–Kier alpha value is -2.27. The number of allylic oxidation sites excluding steroid dienone is 6. The maximum absolute atomic E-state index is 9.42. The SMILES string of the molecule is CC(CCCO)(c1cc[c-]cc1)c1ccc(O)cc1.COC1C=CC(C2(C3C=C[C-]=CC3)CCCCC2)=CC1.[CH3-].[O]=[Co].[O]=[Co]. The molecule has 0 saturated heterocycles. The fraction of sp³-hybridized carbons (Fsp3) is 0.432. The Morgan fingerprint density at radius 2 is 1.59 bits per heavy atom. The van der Waals surface area contributed by atoms with Crippen LogP contribution in [0.1, 0.15) is 75.8 Å². The molecule has 3 aliphatic carbocycles. The molecule has 246 valence electrons. The van der Waals surface area contributed by atoms with Crippen molar-refractivity contribution in [3.8, 4) is 5.75 Å². The minimum absolute atomic E-state index is 0. The monoisotopic (exact) mass is 689 g/mol. The second-order valence-corrected chi connectivity index (χ2v) is 11.3. The molecule has 0 spiro atoms. The third-order valence-electron chi connectivity index (χ3n) is 9.00. The van der Waals surface area contributed by atoms with E-state index in [1.165, 1.54) is 37.7 Å². The predicted octanol–water partition coefficient (Wildman–Crippen LogP) is 8.25. The molecular weight excluding hydrogens is 642 g/mol. The molecule has 5 nitrogen and oxygen atoms in total. The fourth-order valence-corrected chi connectivity index (χ4v) is 6.60. The molecule has 0 amide bonds. The molecule has 2 aromatic carbocycles. The van der Waals surface area contributed by atoms with E-state index >= 15 is 0 Å². The molecule has 3 atom stereocenters. The normalized spacial score (nSPS) is 20.9. The van der Waals surface area contributed by atoms with Crippen LogP contribution in [0.3, 0.4) is 0 Å². The number of methoxy groups -OCH3 is 1. The average Bonchev–Trinajstić information content (AvgIpc) is 3.10. The first-order valence-corrected chi connectivity index (χ1v) is 15.7. The quantitative estimate of drug-likeness (QED) is 0.273. The van der Waals surface area contributed by atoms with Crippen LogP contribution in [-0.4, -0.2) is 30.0 Å². The number of aromatic hydroxyl groups is 1. The molecule has 7 heteroatoms. The van der Waals surface area contributed by atoms with Gasteiger partial charge < -0.3 is 22.4 Å². The van der Waals surface area contributed by atoms with Crippen LogP contribution >= 0.6 is 0 Å². The summed E-state index contributed by atoms with van der Waals surface area (Å²) in [4.78, 5) is 0. The summed E-state index contributed by atoms with van der Waals surface area (Å²) < 4.78 is 21.3. The molecule has 0 heterocycles. The van der Waals surface area contributed by atoms with E-state index in [-0.39, 0.29) is 31.3 Å². The van der Waals surface area contributed by atoms with Crippen LogP contribution in [-0.2, 0) is 49.2 Å². The minimum atomic E-state index is -0.161. The molecule has 0 radical (unpaired) electrons. The van der Waals surface area contributed by atoms with E-state index in [0.29, 0.717) is 11.3 Å². The van der Waals surface area contributed by atoms with Crippen molar-refractivity contribution < 1.29 is 54.0 Å². The van der Waals surface area contributed by atoms with E-state index in [1.807, 2.05) is 24.3 Å². The summed E-state index contributed by atoms with van der Waals surface area (Å²) in [6.45, 7) is 2.36. The van der Waals surface area contributed by atoms with Crippen molar-refractivity contribution in [3.05, 3.63) is 121 Å². The van der Waals surface area contributed by atoms with Gasteiger partial charge in [-0.2, -0.15) is 36.4 Å². The summed E-state index contributed by atoms with van der Waals surface area (Å²) in [5.74, 6) is 0.925. The van der Waals surface area contributed by atoms with Crippen molar-refractivity contribution in [2.45, 2.75) is 76.2 Å². The van der Waals surface area contributed by atoms with Gasteiger partial charge in [-0.15, -0.1) is 5.56 Å². The molecule has 3 aliphatic rings. The van der Waals surface area contributed by atoms with Crippen molar-refractivity contribution >= 4 is 0 Å². The van der Waals surface area contributed by atoms with Crippen molar-refractivity contribution in [2.24, 2.45) is 11.3 Å². The number of hydrogen-bond acceptors (Lipinski definition) is 5. The van der Waals surface area contributed by atoms with Crippen molar-refractivity contribution in [2.75, 3.05) is 13.7 Å². The number of rotatable bonds is 8. The van der Waals surface area contributed by atoms with Gasteiger partial charge in [-0.05, 0) is 66.2 Å².